The van der Waals surface area contributed by atoms with Gasteiger partial charge in [-0.15, -0.1) is 0 Å². The second kappa shape index (κ2) is 3.50. The Hall–Kier alpha value is -1.64. The van der Waals surface area contributed by atoms with Crippen LogP contribution in [0.1, 0.15) is 17.5 Å². The molecule has 1 aromatic rings. The SMILES string of the molecule is Cc1cccc(N2CC(=O)CC2=O)c1C. The van der Waals surface area contributed by atoms with Crippen LogP contribution in [0.15, 0.2) is 18.2 Å². The molecule has 1 amide bonds. The zero-order valence-corrected chi connectivity index (χ0v) is 8.91. The molecule has 0 bridgehead atoms. The molecule has 1 heterocycles. The van der Waals surface area contributed by atoms with Gasteiger partial charge >= 0.3 is 0 Å². The highest BCUT2D eigenvalue weighted by Gasteiger charge is 2.29. The fraction of sp³-hybridized carbons (Fsp3) is 0.333. The monoisotopic (exact) mass is 203 g/mol. The normalized spacial score (nSPS) is 16.3. The Kier molecular flexibility index (Phi) is 2.31. The van der Waals surface area contributed by atoms with E-state index in [1.807, 2.05) is 32.0 Å². The fourth-order valence-electron chi connectivity index (χ4n) is 1.83. The minimum absolute atomic E-state index is 0.000839. The number of carbonyl (C=O) groups is 2. The van der Waals surface area contributed by atoms with Gasteiger partial charge in [0, 0.05) is 5.69 Å². The Bertz CT molecular complexity index is 437. The van der Waals surface area contributed by atoms with Crippen LogP contribution in [0.25, 0.3) is 0 Å². The lowest BCUT2D eigenvalue weighted by molar-refractivity contribution is -0.121. The summed E-state index contributed by atoms with van der Waals surface area (Å²) in [5, 5.41) is 0. The van der Waals surface area contributed by atoms with E-state index in [0.717, 1.165) is 16.8 Å². The van der Waals surface area contributed by atoms with Crippen molar-refractivity contribution in [2.45, 2.75) is 20.3 Å². The molecule has 0 spiro atoms. The lowest BCUT2D eigenvalue weighted by atomic mass is 10.1. The minimum Gasteiger partial charge on any atom is -0.304 e. The van der Waals surface area contributed by atoms with Crippen molar-refractivity contribution in [3.63, 3.8) is 0 Å². The van der Waals surface area contributed by atoms with Crippen LogP contribution in [0, 0.1) is 13.8 Å². The molecule has 0 aromatic heterocycles. The topological polar surface area (TPSA) is 37.4 Å². The fourth-order valence-corrected chi connectivity index (χ4v) is 1.83. The van der Waals surface area contributed by atoms with E-state index in [1.54, 1.807) is 4.90 Å². The standard InChI is InChI=1S/C12H13NO2/c1-8-4-3-5-11(9(8)2)13-7-10(14)6-12(13)15/h3-5H,6-7H2,1-2H3. The van der Waals surface area contributed by atoms with Crippen molar-refractivity contribution in [2.75, 3.05) is 11.4 Å². The van der Waals surface area contributed by atoms with Gasteiger partial charge in [-0.2, -0.15) is 0 Å². The summed E-state index contributed by atoms with van der Waals surface area (Å²) >= 11 is 0. The highest BCUT2D eigenvalue weighted by atomic mass is 16.2. The molecule has 0 radical (unpaired) electrons. The Balaban J connectivity index is 2.42. The maximum Gasteiger partial charge on any atom is 0.234 e. The molecule has 2 rings (SSSR count). The van der Waals surface area contributed by atoms with Gasteiger partial charge in [-0.1, -0.05) is 12.1 Å². The van der Waals surface area contributed by atoms with Gasteiger partial charge in [0.25, 0.3) is 0 Å². The maximum absolute atomic E-state index is 11.6. The van der Waals surface area contributed by atoms with Crippen LogP contribution >= 0.6 is 0 Å². The van der Waals surface area contributed by atoms with Crippen molar-refractivity contribution < 1.29 is 9.59 Å². The summed E-state index contributed by atoms with van der Waals surface area (Å²) in [4.78, 5) is 24.3. The summed E-state index contributed by atoms with van der Waals surface area (Å²) < 4.78 is 0. The number of amides is 1. The third kappa shape index (κ3) is 1.65. The second-order valence-corrected chi connectivity index (χ2v) is 3.91. The van der Waals surface area contributed by atoms with Crippen LogP contribution in [-0.2, 0) is 9.59 Å². The van der Waals surface area contributed by atoms with Crippen LogP contribution in [0.2, 0.25) is 0 Å². The molecule has 3 nitrogen and oxygen atoms in total. The number of rotatable bonds is 1. The number of aryl methyl sites for hydroxylation is 1. The number of nitrogens with zero attached hydrogens (tertiary/aromatic N) is 1. The molecule has 1 aromatic carbocycles. The minimum atomic E-state index is -0.0892. The molecule has 0 atom stereocenters. The third-order valence-electron chi connectivity index (χ3n) is 2.85. The van der Waals surface area contributed by atoms with Crippen molar-refractivity contribution in [1.82, 2.24) is 0 Å². The number of hydrogen-bond donors (Lipinski definition) is 0. The van der Waals surface area contributed by atoms with E-state index in [4.69, 9.17) is 0 Å². The molecule has 3 heteroatoms. The predicted octanol–water partition coefficient (Wildman–Crippen LogP) is 1.61. The van der Waals surface area contributed by atoms with E-state index in [9.17, 15) is 9.59 Å². The van der Waals surface area contributed by atoms with Gasteiger partial charge in [0.2, 0.25) is 5.91 Å². The molecule has 1 aliphatic heterocycles. The van der Waals surface area contributed by atoms with Crippen molar-refractivity contribution in [3.8, 4) is 0 Å². The molecule has 1 saturated heterocycles. The first kappa shape index (κ1) is 9.90. The summed E-state index contributed by atoms with van der Waals surface area (Å²) in [6.07, 6.45) is 0.0490. The molecule has 0 saturated carbocycles. The largest absolute Gasteiger partial charge is 0.304 e. The highest BCUT2D eigenvalue weighted by Crippen LogP contribution is 2.25. The first-order valence-electron chi connectivity index (χ1n) is 4.98. The lowest BCUT2D eigenvalue weighted by Crippen LogP contribution is -2.25. The molecule has 0 aliphatic carbocycles. The number of benzene rings is 1. The molecule has 0 N–H and O–H groups in total. The number of Topliss-reactive ketones (excluding diaryl/α,β-unsaturated/α-hetero) is 1. The van der Waals surface area contributed by atoms with Crippen molar-refractivity contribution in [1.29, 1.82) is 0 Å². The quantitative estimate of drug-likeness (QED) is 0.650. The van der Waals surface area contributed by atoms with E-state index < -0.39 is 0 Å². The summed E-state index contributed by atoms with van der Waals surface area (Å²) in [7, 11) is 0. The van der Waals surface area contributed by atoms with E-state index in [1.165, 1.54) is 0 Å². The Morgan fingerprint density at radius 2 is 1.93 bits per heavy atom. The summed E-state index contributed by atoms with van der Waals surface area (Å²) in [6, 6.07) is 5.80. The Morgan fingerprint density at radius 3 is 2.53 bits per heavy atom. The lowest BCUT2D eigenvalue weighted by Gasteiger charge is -2.18. The van der Waals surface area contributed by atoms with E-state index in [-0.39, 0.29) is 24.7 Å². The van der Waals surface area contributed by atoms with Crippen molar-refractivity contribution in [3.05, 3.63) is 29.3 Å². The third-order valence-corrected chi connectivity index (χ3v) is 2.85. The van der Waals surface area contributed by atoms with Gasteiger partial charge < -0.3 is 4.90 Å². The maximum atomic E-state index is 11.6. The van der Waals surface area contributed by atoms with E-state index in [0.29, 0.717) is 0 Å². The average molecular weight is 203 g/mol. The molecule has 1 fully saturated rings. The van der Waals surface area contributed by atoms with E-state index in [2.05, 4.69) is 0 Å². The van der Waals surface area contributed by atoms with Crippen LogP contribution in [-0.4, -0.2) is 18.2 Å². The first-order chi connectivity index (χ1) is 7.09. The summed E-state index contributed by atoms with van der Waals surface area (Å²) in [5.41, 5.74) is 3.08. The van der Waals surface area contributed by atoms with Gasteiger partial charge in [-0.25, -0.2) is 0 Å². The molecule has 15 heavy (non-hydrogen) atoms. The van der Waals surface area contributed by atoms with Crippen molar-refractivity contribution in [2.24, 2.45) is 0 Å². The molecular weight excluding hydrogens is 190 g/mol. The smallest absolute Gasteiger partial charge is 0.234 e. The number of hydrogen-bond acceptors (Lipinski definition) is 2. The van der Waals surface area contributed by atoms with Gasteiger partial charge in [0.1, 0.15) is 0 Å². The predicted molar refractivity (Wildman–Crippen MR) is 57.9 cm³/mol. The molecule has 1 aliphatic rings. The second-order valence-electron chi connectivity index (χ2n) is 3.91. The average Bonchev–Trinajstić information content (AvgIpc) is 2.50. The van der Waals surface area contributed by atoms with Crippen LogP contribution in [0.4, 0.5) is 5.69 Å². The van der Waals surface area contributed by atoms with Gasteiger partial charge in [-0.3, -0.25) is 9.59 Å². The number of ketones is 1. The van der Waals surface area contributed by atoms with Gasteiger partial charge in [0.05, 0.1) is 13.0 Å². The zero-order valence-electron chi connectivity index (χ0n) is 8.91. The van der Waals surface area contributed by atoms with Crippen LogP contribution < -0.4 is 4.90 Å². The number of carbonyl (C=O) groups excluding carboxylic acids is 2. The molecule has 78 valence electrons. The Labute approximate surface area is 88.7 Å². The number of anilines is 1. The summed E-state index contributed by atoms with van der Waals surface area (Å²) in [6.45, 7) is 4.20. The van der Waals surface area contributed by atoms with Crippen LogP contribution in [0.3, 0.4) is 0 Å². The van der Waals surface area contributed by atoms with Crippen LogP contribution in [0.5, 0.6) is 0 Å². The summed E-state index contributed by atoms with van der Waals surface area (Å²) in [5.74, 6) is -0.0883. The van der Waals surface area contributed by atoms with Crippen molar-refractivity contribution >= 4 is 17.4 Å². The molecule has 0 unspecified atom stereocenters. The van der Waals surface area contributed by atoms with Gasteiger partial charge in [0.15, 0.2) is 5.78 Å². The Morgan fingerprint density at radius 1 is 1.20 bits per heavy atom. The van der Waals surface area contributed by atoms with E-state index >= 15 is 0 Å². The first-order valence-corrected chi connectivity index (χ1v) is 4.98. The van der Waals surface area contributed by atoms with Gasteiger partial charge in [-0.05, 0) is 31.0 Å². The highest BCUT2D eigenvalue weighted by molar-refractivity contribution is 6.15. The molecular formula is C12H13NO2. The zero-order chi connectivity index (χ0) is 11.0.